The van der Waals surface area contributed by atoms with Crippen LogP contribution in [-0.2, 0) is 21.4 Å². The van der Waals surface area contributed by atoms with Crippen LogP contribution in [0.2, 0.25) is 0 Å². The van der Waals surface area contributed by atoms with Crippen molar-refractivity contribution in [1.82, 2.24) is 9.03 Å². The van der Waals surface area contributed by atoms with Crippen molar-refractivity contribution in [3.05, 3.63) is 35.9 Å². The summed E-state index contributed by atoms with van der Waals surface area (Å²) in [6.07, 6.45) is 0.835. The van der Waals surface area contributed by atoms with Crippen LogP contribution in [0, 0.1) is 0 Å². The minimum atomic E-state index is -3.33. The van der Waals surface area contributed by atoms with Crippen molar-refractivity contribution >= 4 is 10.2 Å². The third-order valence-corrected chi connectivity index (χ3v) is 3.92. The van der Waals surface area contributed by atoms with Crippen LogP contribution in [0.15, 0.2) is 30.3 Å². The number of nitrogens with one attached hydrogen (secondary N) is 1. The number of nitrogens with zero attached hydrogens (tertiary/aromatic N) is 1. The summed E-state index contributed by atoms with van der Waals surface area (Å²) in [5, 5.41) is 0. The second-order valence-corrected chi connectivity index (χ2v) is 6.00. The summed E-state index contributed by atoms with van der Waals surface area (Å²) in [6.45, 7) is 1.25. The Morgan fingerprint density at radius 2 is 1.83 bits per heavy atom. The molecule has 5 nitrogen and oxygen atoms in total. The first kappa shape index (κ1) is 15.1. The lowest BCUT2D eigenvalue weighted by molar-refractivity contribution is 0.142. The lowest BCUT2D eigenvalue weighted by atomic mass is 10.2. The molecule has 6 heteroatoms. The minimum Gasteiger partial charge on any atom is -0.380 e. The fourth-order valence-corrected chi connectivity index (χ4v) is 1.91. The standard InChI is InChI=1S/C12H20N2O3S/c1-14(2)18(15,16)13-9-11-17-10-8-12-6-4-3-5-7-12/h3-7,13H,8-11H2,1-2H3. The molecule has 0 saturated heterocycles. The van der Waals surface area contributed by atoms with E-state index in [1.165, 1.54) is 19.7 Å². The van der Waals surface area contributed by atoms with Gasteiger partial charge < -0.3 is 4.74 Å². The monoisotopic (exact) mass is 272 g/mol. The Morgan fingerprint density at radius 3 is 2.44 bits per heavy atom. The molecule has 1 aromatic rings. The molecular weight excluding hydrogens is 252 g/mol. The highest BCUT2D eigenvalue weighted by Crippen LogP contribution is 1.99. The van der Waals surface area contributed by atoms with Crippen molar-refractivity contribution in [3.8, 4) is 0 Å². The van der Waals surface area contributed by atoms with Gasteiger partial charge in [0, 0.05) is 20.6 Å². The number of hydrogen-bond acceptors (Lipinski definition) is 3. The highest BCUT2D eigenvalue weighted by molar-refractivity contribution is 7.87. The van der Waals surface area contributed by atoms with Crippen LogP contribution in [0.5, 0.6) is 0 Å². The smallest absolute Gasteiger partial charge is 0.279 e. The van der Waals surface area contributed by atoms with Crippen LogP contribution in [0.1, 0.15) is 5.56 Å². The van der Waals surface area contributed by atoms with Crippen molar-refractivity contribution in [2.24, 2.45) is 0 Å². The number of rotatable bonds is 8. The number of ether oxygens (including phenoxy) is 1. The molecule has 0 unspecified atom stereocenters. The van der Waals surface area contributed by atoms with Gasteiger partial charge in [0.1, 0.15) is 0 Å². The van der Waals surface area contributed by atoms with Crippen LogP contribution in [0.3, 0.4) is 0 Å². The lowest BCUT2D eigenvalue weighted by Gasteiger charge is -2.12. The largest absolute Gasteiger partial charge is 0.380 e. The topological polar surface area (TPSA) is 58.6 Å². The molecule has 0 atom stereocenters. The molecule has 18 heavy (non-hydrogen) atoms. The predicted octanol–water partition coefficient (Wildman–Crippen LogP) is 0.642. The van der Waals surface area contributed by atoms with Crippen molar-refractivity contribution in [1.29, 1.82) is 0 Å². The van der Waals surface area contributed by atoms with Crippen LogP contribution in [0.25, 0.3) is 0 Å². The zero-order valence-electron chi connectivity index (χ0n) is 10.8. The Bertz CT molecular complexity index is 432. The fourth-order valence-electron chi connectivity index (χ4n) is 1.31. The van der Waals surface area contributed by atoms with Crippen molar-refractivity contribution in [3.63, 3.8) is 0 Å². The summed E-state index contributed by atoms with van der Waals surface area (Å²) < 4.78 is 31.6. The molecule has 0 saturated carbocycles. The molecule has 0 spiro atoms. The van der Waals surface area contributed by atoms with Crippen LogP contribution >= 0.6 is 0 Å². The van der Waals surface area contributed by atoms with Gasteiger partial charge in [-0.25, -0.2) is 0 Å². The Hall–Kier alpha value is -0.950. The van der Waals surface area contributed by atoms with Crippen molar-refractivity contribution < 1.29 is 13.2 Å². The van der Waals surface area contributed by atoms with Gasteiger partial charge in [-0.1, -0.05) is 30.3 Å². The average molecular weight is 272 g/mol. The van der Waals surface area contributed by atoms with Gasteiger partial charge in [-0.05, 0) is 12.0 Å². The van der Waals surface area contributed by atoms with Gasteiger partial charge in [0.25, 0.3) is 10.2 Å². The molecule has 0 aliphatic rings. The van der Waals surface area contributed by atoms with E-state index in [-0.39, 0.29) is 6.54 Å². The Kier molecular flexibility index (Phi) is 6.28. The maximum atomic E-state index is 11.3. The number of benzene rings is 1. The van der Waals surface area contributed by atoms with Crippen LogP contribution in [0.4, 0.5) is 0 Å². The molecule has 1 N–H and O–H groups in total. The number of hydrogen-bond donors (Lipinski definition) is 1. The third-order valence-electron chi connectivity index (χ3n) is 2.39. The quantitative estimate of drug-likeness (QED) is 0.707. The summed E-state index contributed by atoms with van der Waals surface area (Å²) in [6, 6.07) is 10.0. The SMILES string of the molecule is CN(C)S(=O)(=O)NCCOCCc1ccccc1. The van der Waals surface area contributed by atoms with Crippen LogP contribution in [-0.4, -0.2) is 46.6 Å². The molecule has 102 valence electrons. The highest BCUT2D eigenvalue weighted by atomic mass is 32.2. The van der Waals surface area contributed by atoms with E-state index in [9.17, 15) is 8.42 Å². The fraction of sp³-hybridized carbons (Fsp3) is 0.500. The lowest BCUT2D eigenvalue weighted by Crippen LogP contribution is -2.37. The Balaban J connectivity index is 2.10. The van der Waals surface area contributed by atoms with E-state index in [1.54, 1.807) is 0 Å². The first-order valence-corrected chi connectivity index (χ1v) is 7.25. The molecule has 0 radical (unpaired) electrons. The summed E-state index contributed by atoms with van der Waals surface area (Å²) in [4.78, 5) is 0. The maximum Gasteiger partial charge on any atom is 0.279 e. The summed E-state index contributed by atoms with van der Waals surface area (Å²) >= 11 is 0. The first-order valence-electron chi connectivity index (χ1n) is 5.81. The minimum absolute atomic E-state index is 0.287. The van der Waals surface area contributed by atoms with E-state index in [0.29, 0.717) is 13.2 Å². The van der Waals surface area contributed by atoms with Gasteiger partial charge in [-0.15, -0.1) is 0 Å². The molecule has 0 aromatic heterocycles. The molecular formula is C12H20N2O3S. The van der Waals surface area contributed by atoms with E-state index >= 15 is 0 Å². The first-order chi connectivity index (χ1) is 8.52. The summed E-state index contributed by atoms with van der Waals surface area (Å²) in [5.41, 5.74) is 1.21. The van der Waals surface area contributed by atoms with Gasteiger partial charge in [-0.3, -0.25) is 0 Å². The molecule has 0 aliphatic heterocycles. The van der Waals surface area contributed by atoms with Gasteiger partial charge in [0.2, 0.25) is 0 Å². The molecule has 0 bridgehead atoms. The molecule has 1 rings (SSSR count). The second-order valence-electron chi connectivity index (χ2n) is 4.03. The molecule has 0 heterocycles. The van der Waals surface area contributed by atoms with Crippen molar-refractivity contribution in [2.45, 2.75) is 6.42 Å². The Labute approximate surface area is 109 Å². The molecule has 0 aliphatic carbocycles. The van der Waals surface area contributed by atoms with Gasteiger partial charge >= 0.3 is 0 Å². The second kappa shape index (κ2) is 7.48. The summed E-state index contributed by atoms with van der Waals surface area (Å²) in [5.74, 6) is 0. The Morgan fingerprint density at radius 1 is 1.17 bits per heavy atom. The zero-order chi connectivity index (χ0) is 13.4. The van der Waals surface area contributed by atoms with E-state index in [1.807, 2.05) is 30.3 Å². The van der Waals surface area contributed by atoms with E-state index in [2.05, 4.69) is 4.72 Å². The van der Waals surface area contributed by atoms with E-state index < -0.39 is 10.2 Å². The highest BCUT2D eigenvalue weighted by Gasteiger charge is 2.10. The molecule has 0 fully saturated rings. The van der Waals surface area contributed by atoms with Gasteiger partial charge in [0.15, 0.2) is 0 Å². The zero-order valence-corrected chi connectivity index (χ0v) is 11.6. The summed E-state index contributed by atoms with van der Waals surface area (Å²) in [7, 11) is -0.365. The van der Waals surface area contributed by atoms with Gasteiger partial charge in [0.05, 0.1) is 13.2 Å². The van der Waals surface area contributed by atoms with E-state index in [0.717, 1.165) is 10.7 Å². The maximum absolute atomic E-state index is 11.3. The molecule has 0 amide bonds. The van der Waals surface area contributed by atoms with Crippen LogP contribution < -0.4 is 4.72 Å². The van der Waals surface area contributed by atoms with Gasteiger partial charge in [-0.2, -0.15) is 17.4 Å². The van der Waals surface area contributed by atoms with E-state index in [4.69, 9.17) is 4.74 Å². The van der Waals surface area contributed by atoms with Crippen molar-refractivity contribution in [2.75, 3.05) is 33.9 Å². The molecule has 1 aromatic carbocycles. The third kappa shape index (κ3) is 5.59. The predicted molar refractivity (Wildman–Crippen MR) is 71.6 cm³/mol. The average Bonchev–Trinajstić information content (AvgIpc) is 2.34. The normalized spacial score (nSPS) is 11.9.